The lowest BCUT2D eigenvalue weighted by atomic mass is 9.67. The first-order valence-electron chi connectivity index (χ1n) is 6.40. The average molecular weight is 222 g/mol. The first-order valence-corrected chi connectivity index (χ1v) is 6.40. The normalized spacial score (nSPS) is 25.4. The van der Waals surface area contributed by atoms with Crippen molar-refractivity contribution in [2.75, 3.05) is 6.61 Å². The summed E-state index contributed by atoms with van der Waals surface area (Å²) in [6.45, 7) is 9.24. The Hall–Kier alpha value is -0.560. The topological polar surface area (TPSA) is 20.2 Å². The number of aliphatic hydroxyl groups excluding tert-OH is 1. The lowest BCUT2D eigenvalue weighted by Gasteiger charge is -2.38. The summed E-state index contributed by atoms with van der Waals surface area (Å²) in [6, 6.07) is 0. The Morgan fingerprint density at radius 1 is 1.56 bits per heavy atom. The van der Waals surface area contributed by atoms with E-state index in [9.17, 15) is 0 Å². The number of hydrogen-bond acceptors (Lipinski definition) is 1. The quantitative estimate of drug-likeness (QED) is 0.710. The number of hydrogen-bond donors (Lipinski definition) is 1. The van der Waals surface area contributed by atoms with Gasteiger partial charge in [0, 0.05) is 0 Å². The molecule has 0 aliphatic heterocycles. The third-order valence-electron chi connectivity index (χ3n) is 3.95. The summed E-state index contributed by atoms with van der Waals surface area (Å²) in [5, 5.41) is 8.95. The van der Waals surface area contributed by atoms with Crippen LogP contribution in [0.3, 0.4) is 0 Å². The predicted molar refractivity (Wildman–Crippen MR) is 70.3 cm³/mol. The van der Waals surface area contributed by atoms with Crippen LogP contribution in [0, 0.1) is 11.3 Å². The van der Waals surface area contributed by atoms with Gasteiger partial charge in [0.2, 0.25) is 0 Å². The first kappa shape index (κ1) is 13.5. The van der Waals surface area contributed by atoms with Crippen molar-refractivity contribution in [3.8, 4) is 0 Å². The third kappa shape index (κ3) is 3.48. The van der Waals surface area contributed by atoms with Gasteiger partial charge in [-0.25, -0.2) is 0 Å². The van der Waals surface area contributed by atoms with Crippen LogP contribution in [0.15, 0.2) is 23.3 Å². The second-order valence-corrected chi connectivity index (χ2v) is 5.81. The highest BCUT2D eigenvalue weighted by Crippen LogP contribution is 2.43. The predicted octanol–water partition coefficient (Wildman–Crippen LogP) is 4.09. The van der Waals surface area contributed by atoms with E-state index >= 15 is 0 Å². The molecule has 0 saturated carbocycles. The van der Waals surface area contributed by atoms with Crippen molar-refractivity contribution < 1.29 is 5.11 Å². The maximum absolute atomic E-state index is 8.95. The SMILES string of the molecule is CC1=CCCC(C)(C)C1CC/C=C(\C)CO. The van der Waals surface area contributed by atoms with Crippen molar-refractivity contribution in [1.82, 2.24) is 0 Å². The summed E-state index contributed by atoms with van der Waals surface area (Å²) in [6.07, 6.45) is 9.42. The molecule has 0 aromatic rings. The van der Waals surface area contributed by atoms with E-state index in [4.69, 9.17) is 5.11 Å². The molecular formula is C15H26O. The summed E-state index contributed by atoms with van der Waals surface area (Å²) in [4.78, 5) is 0. The zero-order chi connectivity index (χ0) is 12.2. The van der Waals surface area contributed by atoms with Crippen LogP contribution in [0.25, 0.3) is 0 Å². The van der Waals surface area contributed by atoms with Gasteiger partial charge in [-0.15, -0.1) is 0 Å². The summed E-state index contributed by atoms with van der Waals surface area (Å²) < 4.78 is 0. The van der Waals surface area contributed by atoms with Crippen LogP contribution in [0.5, 0.6) is 0 Å². The van der Waals surface area contributed by atoms with Gasteiger partial charge in [-0.05, 0) is 50.9 Å². The van der Waals surface area contributed by atoms with Gasteiger partial charge in [-0.2, -0.15) is 0 Å². The maximum Gasteiger partial charge on any atom is 0.0639 e. The van der Waals surface area contributed by atoms with Crippen molar-refractivity contribution in [2.45, 2.75) is 53.4 Å². The Morgan fingerprint density at radius 2 is 2.25 bits per heavy atom. The number of aliphatic hydroxyl groups is 1. The Kier molecular flexibility index (Phi) is 4.79. The fourth-order valence-electron chi connectivity index (χ4n) is 2.78. The molecule has 1 atom stereocenters. The molecular weight excluding hydrogens is 196 g/mol. The van der Waals surface area contributed by atoms with E-state index in [0.717, 1.165) is 12.0 Å². The van der Waals surface area contributed by atoms with Crippen molar-refractivity contribution >= 4 is 0 Å². The van der Waals surface area contributed by atoms with Gasteiger partial charge in [0.05, 0.1) is 6.61 Å². The van der Waals surface area contributed by atoms with Crippen molar-refractivity contribution in [2.24, 2.45) is 11.3 Å². The molecule has 0 aromatic heterocycles. The van der Waals surface area contributed by atoms with Gasteiger partial charge in [0.1, 0.15) is 0 Å². The Morgan fingerprint density at radius 3 is 2.81 bits per heavy atom. The smallest absolute Gasteiger partial charge is 0.0639 e. The van der Waals surface area contributed by atoms with Crippen molar-refractivity contribution in [3.05, 3.63) is 23.3 Å². The molecule has 0 aromatic carbocycles. The van der Waals surface area contributed by atoms with E-state index in [-0.39, 0.29) is 6.61 Å². The molecule has 1 aliphatic carbocycles. The van der Waals surface area contributed by atoms with E-state index < -0.39 is 0 Å². The van der Waals surface area contributed by atoms with E-state index in [1.54, 1.807) is 5.57 Å². The van der Waals surface area contributed by atoms with Crippen LogP contribution < -0.4 is 0 Å². The molecule has 0 amide bonds. The summed E-state index contributed by atoms with van der Waals surface area (Å²) in [7, 11) is 0. The molecule has 92 valence electrons. The molecule has 1 rings (SSSR count). The van der Waals surface area contributed by atoms with E-state index in [2.05, 4.69) is 32.9 Å². The fourth-order valence-corrected chi connectivity index (χ4v) is 2.78. The zero-order valence-electron chi connectivity index (χ0n) is 11.2. The molecule has 0 spiro atoms. The number of allylic oxidation sites excluding steroid dienone is 3. The molecule has 16 heavy (non-hydrogen) atoms. The van der Waals surface area contributed by atoms with E-state index in [1.807, 2.05) is 6.92 Å². The molecule has 0 fully saturated rings. The van der Waals surface area contributed by atoms with Gasteiger partial charge in [0.25, 0.3) is 0 Å². The summed E-state index contributed by atoms with van der Waals surface area (Å²) >= 11 is 0. The highest BCUT2D eigenvalue weighted by molar-refractivity contribution is 5.12. The Balaban J connectivity index is 2.57. The summed E-state index contributed by atoms with van der Waals surface area (Å²) in [5.74, 6) is 0.712. The highest BCUT2D eigenvalue weighted by atomic mass is 16.3. The number of rotatable bonds is 4. The first-order chi connectivity index (χ1) is 7.47. The second-order valence-electron chi connectivity index (χ2n) is 5.81. The minimum Gasteiger partial charge on any atom is -0.392 e. The van der Waals surface area contributed by atoms with Gasteiger partial charge in [-0.3, -0.25) is 0 Å². The lowest BCUT2D eigenvalue weighted by molar-refractivity contribution is 0.205. The van der Waals surface area contributed by atoms with Gasteiger partial charge >= 0.3 is 0 Å². The Labute approximate surface area is 100 Å². The van der Waals surface area contributed by atoms with Crippen LogP contribution in [-0.2, 0) is 0 Å². The average Bonchev–Trinajstić information content (AvgIpc) is 2.21. The van der Waals surface area contributed by atoms with Crippen LogP contribution >= 0.6 is 0 Å². The molecule has 0 radical (unpaired) electrons. The second kappa shape index (κ2) is 5.67. The zero-order valence-corrected chi connectivity index (χ0v) is 11.2. The largest absolute Gasteiger partial charge is 0.392 e. The monoisotopic (exact) mass is 222 g/mol. The highest BCUT2D eigenvalue weighted by Gasteiger charge is 2.31. The standard InChI is InChI=1S/C15H26O/c1-12(11-16)7-5-9-14-13(2)8-6-10-15(14,3)4/h7-8,14,16H,5-6,9-11H2,1-4H3/b12-7+. The van der Waals surface area contributed by atoms with Gasteiger partial charge in [0.15, 0.2) is 0 Å². The lowest BCUT2D eigenvalue weighted by Crippen LogP contribution is -2.27. The molecule has 0 saturated heterocycles. The molecule has 1 heteroatoms. The molecule has 1 nitrogen and oxygen atoms in total. The van der Waals surface area contributed by atoms with Crippen LogP contribution in [-0.4, -0.2) is 11.7 Å². The van der Waals surface area contributed by atoms with E-state index in [0.29, 0.717) is 11.3 Å². The third-order valence-corrected chi connectivity index (χ3v) is 3.95. The van der Waals surface area contributed by atoms with Crippen LogP contribution in [0.4, 0.5) is 0 Å². The minimum atomic E-state index is 0.197. The summed E-state index contributed by atoms with van der Waals surface area (Å²) in [5.41, 5.74) is 3.10. The Bertz CT molecular complexity index is 284. The van der Waals surface area contributed by atoms with Gasteiger partial charge in [-0.1, -0.05) is 37.1 Å². The minimum absolute atomic E-state index is 0.197. The van der Waals surface area contributed by atoms with Gasteiger partial charge < -0.3 is 5.11 Å². The van der Waals surface area contributed by atoms with Crippen molar-refractivity contribution in [1.29, 1.82) is 0 Å². The molecule has 0 bridgehead atoms. The van der Waals surface area contributed by atoms with Crippen molar-refractivity contribution in [3.63, 3.8) is 0 Å². The van der Waals surface area contributed by atoms with Crippen LogP contribution in [0.1, 0.15) is 53.4 Å². The molecule has 1 N–H and O–H groups in total. The molecule has 0 heterocycles. The maximum atomic E-state index is 8.95. The fraction of sp³-hybridized carbons (Fsp3) is 0.733. The molecule has 1 aliphatic rings. The van der Waals surface area contributed by atoms with E-state index in [1.165, 1.54) is 19.3 Å². The molecule has 1 unspecified atom stereocenters. The van der Waals surface area contributed by atoms with Crippen LogP contribution in [0.2, 0.25) is 0 Å².